The predicted octanol–water partition coefficient (Wildman–Crippen LogP) is 5.64. The van der Waals surface area contributed by atoms with Crippen molar-refractivity contribution in [2.24, 2.45) is 0 Å². The van der Waals surface area contributed by atoms with Gasteiger partial charge in [-0.15, -0.1) is 0 Å². The van der Waals surface area contributed by atoms with Gasteiger partial charge in [-0.3, -0.25) is 0 Å². The van der Waals surface area contributed by atoms with Crippen molar-refractivity contribution in [2.45, 2.75) is 32.6 Å². The van der Waals surface area contributed by atoms with E-state index < -0.39 is 0 Å². The van der Waals surface area contributed by atoms with E-state index in [1.165, 1.54) is 17.7 Å². The van der Waals surface area contributed by atoms with Gasteiger partial charge in [0.05, 0.1) is 16.4 Å². The Morgan fingerprint density at radius 2 is 2.04 bits per heavy atom. The molecule has 4 rings (SSSR count). The Morgan fingerprint density at radius 3 is 2.85 bits per heavy atom. The maximum Gasteiger partial charge on any atom is 0.133 e. The first-order chi connectivity index (χ1) is 12.7. The molecule has 0 spiro atoms. The van der Waals surface area contributed by atoms with Crippen LogP contribution >= 0.6 is 11.6 Å². The summed E-state index contributed by atoms with van der Waals surface area (Å²) in [5, 5.41) is 8.86. The largest absolute Gasteiger partial charge is 0.370 e. The number of anilines is 1. The summed E-state index contributed by atoms with van der Waals surface area (Å²) in [6, 6.07) is 12.8. The van der Waals surface area contributed by atoms with Gasteiger partial charge in [0.15, 0.2) is 0 Å². The van der Waals surface area contributed by atoms with E-state index in [0.29, 0.717) is 5.02 Å². The smallest absolute Gasteiger partial charge is 0.133 e. The fourth-order valence-electron chi connectivity index (χ4n) is 3.59. The van der Waals surface area contributed by atoms with Crippen LogP contribution in [0.4, 0.5) is 10.2 Å². The first-order valence-electron chi connectivity index (χ1n) is 9.08. The second-order valence-electron chi connectivity index (χ2n) is 6.58. The van der Waals surface area contributed by atoms with Gasteiger partial charge < -0.3 is 5.32 Å². The van der Waals surface area contributed by atoms with E-state index in [2.05, 4.69) is 30.4 Å². The summed E-state index contributed by atoms with van der Waals surface area (Å²) >= 11 is 6.35. The van der Waals surface area contributed by atoms with Crippen LogP contribution in [0.3, 0.4) is 0 Å². The van der Waals surface area contributed by atoms with Crippen molar-refractivity contribution in [1.29, 1.82) is 0 Å². The van der Waals surface area contributed by atoms with Gasteiger partial charge in [0.2, 0.25) is 0 Å². The van der Waals surface area contributed by atoms with Crippen LogP contribution in [-0.4, -0.2) is 16.3 Å². The molecule has 3 nitrogen and oxygen atoms in total. The zero-order valence-electron chi connectivity index (χ0n) is 14.7. The topological polar surface area (TPSA) is 29.9 Å². The third-order valence-electron chi connectivity index (χ3n) is 4.92. The summed E-state index contributed by atoms with van der Waals surface area (Å²) in [6.07, 6.45) is 4.06. The highest BCUT2D eigenvalue weighted by Gasteiger charge is 2.23. The molecule has 0 unspecified atom stereocenters. The molecule has 1 aromatic heterocycles. The number of rotatable bonds is 3. The van der Waals surface area contributed by atoms with E-state index in [4.69, 9.17) is 16.7 Å². The number of nitrogens with zero attached hydrogens (tertiary/aromatic N) is 2. The fourth-order valence-corrected chi connectivity index (χ4v) is 3.85. The van der Waals surface area contributed by atoms with Crippen LogP contribution in [0.2, 0.25) is 5.02 Å². The Kier molecular flexibility index (Phi) is 4.68. The van der Waals surface area contributed by atoms with Gasteiger partial charge in [-0.05, 0) is 55.5 Å². The molecule has 1 N–H and O–H groups in total. The first kappa shape index (κ1) is 17.1. The lowest BCUT2D eigenvalue weighted by Crippen LogP contribution is -2.08. The molecule has 0 bridgehead atoms. The first-order valence-corrected chi connectivity index (χ1v) is 9.46. The van der Waals surface area contributed by atoms with E-state index in [0.717, 1.165) is 60.6 Å². The highest BCUT2D eigenvalue weighted by atomic mass is 35.5. The van der Waals surface area contributed by atoms with E-state index in [-0.39, 0.29) is 5.82 Å². The van der Waals surface area contributed by atoms with E-state index in [1.807, 2.05) is 10.7 Å². The van der Waals surface area contributed by atoms with Crippen LogP contribution in [0, 0.1) is 5.82 Å². The molecule has 3 aromatic rings. The number of aryl methyl sites for hydroxylation is 1. The number of para-hydroxylation sites is 1. The van der Waals surface area contributed by atoms with Crippen LogP contribution in [0.1, 0.15) is 30.9 Å². The maximum absolute atomic E-state index is 13.5. The normalized spacial score (nSPS) is 13.8. The molecule has 2 aromatic carbocycles. The number of benzene rings is 2. The molecular formula is C21H21ClFN3. The lowest BCUT2D eigenvalue weighted by Gasteiger charge is -2.12. The Labute approximate surface area is 157 Å². The summed E-state index contributed by atoms with van der Waals surface area (Å²) in [7, 11) is 0. The van der Waals surface area contributed by atoms with Gasteiger partial charge in [0.1, 0.15) is 11.6 Å². The quantitative estimate of drug-likeness (QED) is 0.647. The average molecular weight is 370 g/mol. The van der Waals surface area contributed by atoms with Gasteiger partial charge in [0, 0.05) is 17.7 Å². The molecular weight excluding hydrogens is 349 g/mol. The molecule has 0 amide bonds. The van der Waals surface area contributed by atoms with E-state index >= 15 is 0 Å². The van der Waals surface area contributed by atoms with Crippen LogP contribution < -0.4 is 5.32 Å². The second-order valence-corrected chi connectivity index (χ2v) is 6.99. The van der Waals surface area contributed by atoms with Crippen molar-refractivity contribution in [3.8, 4) is 16.9 Å². The van der Waals surface area contributed by atoms with Crippen LogP contribution in [0.25, 0.3) is 16.9 Å². The van der Waals surface area contributed by atoms with Crippen LogP contribution in [0.5, 0.6) is 0 Å². The second kappa shape index (κ2) is 7.12. The summed E-state index contributed by atoms with van der Waals surface area (Å²) in [5.41, 5.74) is 5.08. The van der Waals surface area contributed by atoms with Gasteiger partial charge in [-0.1, -0.05) is 36.7 Å². The average Bonchev–Trinajstić information content (AvgIpc) is 2.83. The molecule has 1 aliphatic heterocycles. The number of nitrogens with one attached hydrogen (secondary N) is 1. The SMILES string of the molecule is CCc1ccccc1-n1nc(-c2ccc(F)cc2Cl)c2c1NCCCC2. The summed E-state index contributed by atoms with van der Waals surface area (Å²) in [4.78, 5) is 0. The predicted molar refractivity (Wildman–Crippen MR) is 105 cm³/mol. The maximum atomic E-state index is 13.5. The summed E-state index contributed by atoms with van der Waals surface area (Å²) < 4.78 is 15.5. The van der Waals surface area contributed by atoms with Crippen LogP contribution in [-0.2, 0) is 12.8 Å². The lowest BCUT2D eigenvalue weighted by atomic mass is 10.0. The minimum absolute atomic E-state index is 0.335. The fraction of sp³-hybridized carbons (Fsp3) is 0.286. The standard InChI is InChI=1S/C21H21ClFN3/c1-2-14-7-3-4-9-19(14)26-21-17(8-5-6-12-24-21)20(25-26)16-11-10-15(23)13-18(16)22/h3-4,7,9-11,13,24H,2,5-6,8,12H2,1H3. The van der Waals surface area contributed by atoms with E-state index in [9.17, 15) is 4.39 Å². The number of hydrogen-bond donors (Lipinski definition) is 1. The van der Waals surface area contributed by atoms with Gasteiger partial charge in [0.25, 0.3) is 0 Å². The molecule has 5 heteroatoms. The zero-order valence-corrected chi connectivity index (χ0v) is 15.5. The third-order valence-corrected chi connectivity index (χ3v) is 5.23. The number of halogens is 2. The summed E-state index contributed by atoms with van der Waals surface area (Å²) in [6.45, 7) is 3.07. The summed E-state index contributed by atoms with van der Waals surface area (Å²) in [5.74, 6) is 0.692. The van der Waals surface area contributed by atoms with Crippen LogP contribution in [0.15, 0.2) is 42.5 Å². The van der Waals surface area contributed by atoms with Gasteiger partial charge >= 0.3 is 0 Å². The van der Waals surface area contributed by atoms with Crippen molar-refractivity contribution in [1.82, 2.24) is 9.78 Å². The minimum Gasteiger partial charge on any atom is -0.370 e. The zero-order chi connectivity index (χ0) is 18.1. The third kappa shape index (κ3) is 2.99. The van der Waals surface area contributed by atoms with Crippen molar-refractivity contribution in [3.63, 3.8) is 0 Å². The minimum atomic E-state index is -0.335. The highest BCUT2D eigenvalue weighted by Crippen LogP contribution is 2.37. The molecule has 0 radical (unpaired) electrons. The Bertz CT molecular complexity index is 948. The van der Waals surface area contributed by atoms with Crippen molar-refractivity contribution >= 4 is 17.4 Å². The van der Waals surface area contributed by atoms with Crippen molar-refractivity contribution in [2.75, 3.05) is 11.9 Å². The number of fused-ring (bicyclic) bond motifs is 1. The highest BCUT2D eigenvalue weighted by molar-refractivity contribution is 6.33. The Morgan fingerprint density at radius 1 is 1.19 bits per heavy atom. The molecule has 0 saturated carbocycles. The number of hydrogen-bond acceptors (Lipinski definition) is 2. The van der Waals surface area contributed by atoms with Crippen molar-refractivity contribution in [3.05, 3.63) is 64.4 Å². The van der Waals surface area contributed by atoms with E-state index in [1.54, 1.807) is 6.07 Å². The molecule has 2 heterocycles. The monoisotopic (exact) mass is 369 g/mol. The Hall–Kier alpha value is -2.33. The molecule has 0 saturated heterocycles. The molecule has 0 aliphatic carbocycles. The molecule has 1 aliphatic rings. The Balaban J connectivity index is 1.95. The lowest BCUT2D eigenvalue weighted by molar-refractivity contribution is 0.628. The molecule has 134 valence electrons. The molecule has 0 fully saturated rings. The van der Waals surface area contributed by atoms with Gasteiger partial charge in [-0.25, -0.2) is 9.07 Å². The molecule has 0 atom stereocenters. The number of aromatic nitrogens is 2. The van der Waals surface area contributed by atoms with Gasteiger partial charge in [-0.2, -0.15) is 5.10 Å². The van der Waals surface area contributed by atoms with Crippen molar-refractivity contribution < 1.29 is 4.39 Å². The molecule has 26 heavy (non-hydrogen) atoms.